The zero-order valence-corrected chi connectivity index (χ0v) is 57.3. The summed E-state index contributed by atoms with van der Waals surface area (Å²) in [5.41, 5.74) is 2.04. The lowest BCUT2D eigenvalue weighted by Crippen LogP contribution is -2.59. The van der Waals surface area contributed by atoms with Crippen LogP contribution in [0.1, 0.15) is 181 Å². The first-order valence-corrected chi connectivity index (χ1v) is 35.2. The molecule has 2 aliphatic carbocycles. The standard InChI is InChI=1S/C71H124F4N12O/c1-13-56(6)66-51-87-39-30-61(87)49-80(8)41-42-82(10)63(44-57-23-16-14-17-24-57)50-79(7)40-34-76-59(28-26-58-27-29-64(65(72)45-58)71(73,74)75)48-86-37-22-25-60(86)47-78-70(32-18-19-33-70)53-84(12)68(55(4)5)52-83(11)67(69(88)85-35-20-15-21-36-85)31-38-81(9)62(46-77-66)43-54(2)3/h27,29,41-42,45,49-50,54-57,59-60,62,66-68,76-78H,13-26,28,30-40,43-44,46-48,51-53H2,1-12H3/t56-,59-,60-,62-,66+,67-,68+/m0/s1. The molecule has 1 amide bonds. The van der Waals surface area contributed by atoms with Crippen molar-refractivity contribution in [1.82, 2.24) is 60.0 Å². The van der Waals surface area contributed by atoms with Crippen LogP contribution >= 0.6 is 0 Å². The minimum absolute atomic E-state index is 0.0168. The number of hydrogen-bond acceptors (Lipinski definition) is 12. The molecule has 7 atom stereocenters. The molecular formula is C71H124F4N12O. The fraction of sp³-hybridized carbons (Fsp3) is 0.817. The molecule has 1 aromatic rings. The molecular weight excluding hydrogens is 1110 g/mol. The number of rotatable bonds is 11. The number of benzene rings is 1. The van der Waals surface area contributed by atoms with Gasteiger partial charge >= 0.3 is 6.18 Å². The van der Waals surface area contributed by atoms with Crippen LogP contribution in [0, 0.1) is 29.5 Å². The SMILES string of the molecule is CC[C@H](C)[C@H]1CN2CCC2=CN(C)C=CN(C)C(CC2CCCCC2)=CN(C)CCN[C@@H](CCc2ccc(C(F)(F)F)c(F)c2)CN2CCC[C@H]2CNC2(CCCC2)CN(C)[C@@H](C(C)C)CN(C)[C@H](C(=O)N2CCCCC2)CCN(C)[C@@H](CC(C)C)CN1. The molecule has 1 spiro atoms. The maximum Gasteiger partial charge on any atom is 0.419 e. The summed E-state index contributed by atoms with van der Waals surface area (Å²) >= 11 is 0. The largest absolute Gasteiger partial charge is 0.419 e. The predicted molar refractivity (Wildman–Crippen MR) is 356 cm³/mol. The Morgan fingerprint density at radius 2 is 1.47 bits per heavy atom. The van der Waals surface area contributed by atoms with Crippen LogP contribution in [-0.2, 0) is 17.4 Å². The molecule has 2 saturated carbocycles. The highest BCUT2D eigenvalue weighted by Crippen LogP contribution is 2.35. The van der Waals surface area contributed by atoms with Gasteiger partial charge in [-0.2, -0.15) is 13.2 Å². The van der Waals surface area contributed by atoms with Gasteiger partial charge in [0.1, 0.15) is 5.82 Å². The summed E-state index contributed by atoms with van der Waals surface area (Å²) < 4.78 is 56.0. The number of halogens is 4. The van der Waals surface area contributed by atoms with E-state index in [1.807, 2.05) is 0 Å². The summed E-state index contributed by atoms with van der Waals surface area (Å²) in [5, 5.41) is 12.4. The Hall–Kier alpha value is -3.45. The van der Waals surface area contributed by atoms with E-state index in [9.17, 15) is 22.4 Å². The van der Waals surface area contributed by atoms with E-state index in [-0.39, 0.29) is 23.7 Å². The van der Waals surface area contributed by atoms with Crippen LogP contribution in [0.15, 0.2) is 54.4 Å². The van der Waals surface area contributed by atoms with Crippen molar-refractivity contribution in [2.24, 2.45) is 23.7 Å². The van der Waals surface area contributed by atoms with Gasteiger partial charge in [-0.15, -0.1) is 0 Å². The van der Waals surface area contributed by atoms with Crippen LogP contribution in [0.3, 0.4) is 0 Å². The maximum atomic E-state index is 15.0. The van der Waals surface area contributed by atoms with Gasteiger partial charge in [0.2, 0.25) is 5.91 Å². The average molecular weight is 1240 g/mol. The van der Waals surface area contributed by atoms with Crippen molar-refractivity contribution in [3.8, 4) is 0 Å². The molecule has 13 nitrogen and oxygen atoms in total. The number of carbonyl (C=O) groups excluding carboxylic acids is 1. The Bertz CT molecular complexity index is 2310. The van der Waals surface area contributed by atoms with Gasteiger partial charge in [0.25, 0.3) is 0 Å². The van der Waals surface area contributed by atoms with Crippen molar-refractivity contribution in [1.29, 1.82) is 0 Å². The second kappa shape index (κ2) is 35.0. The molecule has 3 saturated heterocycles. The van der Waals surface area contributed by atoms with Crippen LogP contribution in [0.5, 0.6) is 0 Å². The second-order valence-electron chi connectivity index (χ2n) is 29.4. The molecule has 17 heteroatoms. The van der Waals surface area contributed by atoms with Gasteiger partial charge in [-0.25, -0.2) is 4.39 Å². The van der Waals surface area contributed by atoms with Crippen LogP contribution in [0.25, 0.3) is 0 Å². The van der Waals surface area contributed by atoms with Crippen molar-refractivity contribution in [2.75, 3.05) is 127 Å². The molecule has 0 unspecified atom stereocenters. The number of likely N-dealkylation sites (tertiary alicyclic amines) is 1. The normalized spacial score (nSPS) is 28.0. The first-order chi connectivity index (χ1) is 42.0. The smallest absolute Gasteiger partial charge is 0.378 e. The highest BCUT2D eigenvalue weighted by Gasteiger charge is 2.40. The maximum absolute atomic E-state index is 15.0. The summed E-state index contributed by atoms with van der Waals surface area (Å²) in [5.74, 6) is 1.19. The van der Waals surface area contributed by atoms with E-state index >= 15 is 0 Å². The minimum Gasteiger partial charge on any atom is -0.378 e. The van der Waals surface area contributed by atoms with Gasteiger partial charge in [-0.3, -0.25) is 14.6 Å². The van der Waals surface area contributed by atoms with E-state index in [0.717, 1.165) is 168 Å². The summed E-state index contributed by atoms with van der Waals surface area (Å²) in [6.45, 7) is 25.7. The first kappa shape index (κ1) is 72.0. The molecule has 502 valence electrons. The van der Waals surface area contributed by atoms with Crippen molar-refractivity contribution in [2.45, 2.75) is 224 Å². The van der Waals surface area contributed by atoms with E-state index in [1.54, 1.807) is 0 Å². The Kier molecular flexibility index (Phi) is 28.6. The predicted octanol–water partition coefficient (Wildman–Crippen LogP) is 11.8. The number of allylic oxidation sites excluding steroid dienone is 1. The van der Waals surface area contributed by atoms with E-state index in [1.165, 1.54) is 68.8 Å². The summed E-state index contributed by atoms with van der Waals surface area (Å²) in [6.07, 6.45) is 27.3. The van der Waals surface area contributed by atoms with E-state index in [2.05, 4.69) is 169 Å². The molecule has 3 N–H and O–H groups in total. The van der Waals surface area contributed by atoms with E-state index in [4.69, 9.17) is 0 Å². The topological polar surface area (TPSA) is 82.3 Å². The number of nitrogens with zero attached hydrogens (tertiary/aromatic N) is 9. The molecule has 0 bridgehead atoms. The Labute approximate surface area is 532 Å². The van der Waals surface area contributed by atoms with Gasteiger partial charge < -0.3 is 50.2 Å². The number of nitrogens with one attached hydrogen (secondary N) is 3. The number of fused-ring (bicyclic) bond motifs is 2. The van der Waals surface area contributed by atoms with Gasteiger partial charge in [0, 0.05) is 178 Å². The lowest BCUT2D eigenvalue weighted by atomic mass is 9.86. The number of amides is 1. The highest BCUT2D eigenvalue weighted by atomic mass is 19.4. The average Bonchev–Trinajstić information content (AvgIpc) is 3.69. The first-order valence-electron chi connectivity index (χ1n) is 35.2. The third-order valence-corrected chi connectivity index (χ3v) is 21.5. The number of piperidine rings is 1. The van der Waals surface area contributed by atoms with Gasteiger partial charge in [0.05, 0.1) is 11.6 Å². The summed E-state index contributed by atoms with van der Waals surface area (Å²) in [4.78, 5) is 36.9. The van der Waals surface area contributed by atoms with Gasteiger partial charge in [-0.1, -0.05) is 99.0 Å². The molecule has 1 aromatic carbocycles. The number of likely N-dealkylation sites (N-methyl/N-ethyl adjacent to an activating group) is 4. The molecule has 7 rings (SSSR count). The van der Waals surface area contributed by atoms with Crippen LogP contribution < -0.4 is 16.0 Å². The minimum atomic E-state index is -4.73. The Balaban J connectivity index is 1.17. The molecule has 6 aliphatic rings. The monoisotopic (exact) mass is 1240 g/mol. The number of aryl methyl sites for hydroxylation is 1. The van der Waals surface area contributed by atoms with Crippen molar-refractivity contribution < 1.29 is 22.4 Å². The zero-order chi connectivity index (χ0) is 63.5. The summed E-state index contributed by atoms with van der Waals surface area (Å²) in [6, 6.07) is 4.59. The van der Waals surface area contributed by atoms with E-state index in [0.29, 0.717) is 66.1 Å². The number of hydrogen-bond donors (Lipinski definition) is 3. The second-order valence-corrected chi connectivity index (χ2v) is 29.4. The third kappa shape index (κ3) is 21.8. The Morgan fingerprint density at radius 3 is 2.12 bits per heavy atom. The lowest BCUT2D eigenvalue weighted by molar-refractivity contribution is -0.140. The molecule has 4 aliphatic heterocycles. The molecule has 0 radical (unpaired) electrons. The molecule has 4 heterocycles. The summed E-state index contributed by atoms with van der Waals surface area (Å²) in [7, 11) is 13.4. The molecule has 5 fully saturated rings. The third-order valence-electron chi connectivity index (χ3n) is 21.5. The van der Waals surface area contributed by atoms with Crippen LogP contribution in [0.4, 0.5) is 17.6 Å². The van der Waals surface area contributed by atoms with Gasteiger partial charge in [-0.05, 0) is 146 Å². The van der Waals surface area contributed by atoms with Crippen molar-refractivity contribution >= 4 is 5.91 Å². The van der Waals surface area contributed by atoms with Gasteiger partial charge in [0.15, 0.2) is 0 Å². The van der Waals surface area contributed by atoms with Crippen molar-refractivity contribution in [3.63, 3.8) is 0 Å². The van der Waals surface area contributed by atoms with Crippen molar-refractivity contribution in [3.05, 3.63) is 71.3 Å². The number of carbonyl (C=O) groups is 1. The zero-order valence-electron chi connectivity index (χ0n) is 57.3. The molecule has 88 heavy (non-hydrogen) atoms. The fourth-order valence-electron chi connectivity index (χ4n) is 15.5. The fourth-order valence-corrected chi connectivity index (χ4v) is 15.5. The highest BCUT2D eigenvalue weighted by molar-refractivity contribution is 5.82. The van der Waals surface area contributed by atoms with Crippen LogP contribution in [0.2, 0.25) is 0 Å². The quantitative estimate of drug-likeness (QED) is 0.185. The van der Waals surface area contributed by atoms with E-state index < -0.39 is 17.6 Å². The Morgan fingerprint density at radius 1 is 0.739 bits per heavy atom. The van der Waals surface area contributed by atoms with Crippen LogP contribution in [-0.4, -0.2) is 219 Å². The molecule has 0 aromatic heterocycles. The lowest BCUT2D eigenvalue weighted by Gasteiger charge is -2.43. The number of alkyl halides is 3.